The molecule has 108 valence electrons. The van der Waals surface area contributed by atoms with Crippen LogP contribution in [0.3, 0.4) is 0 Å². The Morgan fingerprint density at radius 3 is 2.71 bits per heavy atom. The molecule has 1 aliphatic heterocycles. The van der Waals surface area contributed by atoms with E-state index < -0.39 is 0 Å². The van der Waals surface area contributed by atoms with Gasteiger partial charge in [-0.3, -0.25) is 4.79 Å². The Kier molecular flexibility index (Phi) is 4.20. The van der Waals surface area contributed by atoms with Crippen molar-refractivity contribution in [1.29, 1.82) is 0 Å². The third-order valence-electron chi connectivity index (χ3n) is 3.40. The number of likely N-dealkylation sites (tertiary alicyclic amines) is 1. The molecule has 0 atom stereocenters. The summed E-state index contributed by atoms with van der Waals surface area (Å²) >= 11 is 3.40. The molecule has 1 aliphatic rings. The molecule has 1 amide bonds. The van der Waals surface area contributed by atoms with Gasteiger partial charge in [-0.1, -0.05) is 30.3 Å². The molecule has 3 rings (SSSR count). The fourth-order valence-corrected chi connectivity index (χ4v) is 2.56. The van der Waals surface area contributed by atoms with Crippen LogP contribution in [0.2, 0.25) is 0 Å². The van der Waals surface area contributed by atoms with Gasteiger partial charge in [0.05, 0.1) is 24.0 Å². The summed E-state index contributed by atoms with van der Waals surface area (Å²) in [6, 6.07) is 13.5. The Morgan fingerprint density at radius 1 is 1.24 bits per heavy atom. The van der Waals surface area contributed by atoms with Crippen molar-refractivity contribution in [3.8, 4) is 5.88 Å². The highest BCUT2D eigenvalue weighted by Gasteiger charge is 2.32. The summed E-state index contributed by atoms with van der Waals surface area (Å²) in [7, 11) is 0. The number of carbonyl (C=O) groups is 1. The lowest BCUT2D eigenvalue weighted by molar-refractivity contribution is -0.139. The molecule has 0 unspecified atom stereocenters. The molecule has 1 saturated heterocycles. The molecular weight excluding hydrogens is 332 g/mol. The fourth-order valence-electron chi connectivity index (χ4n) is 2.21. The molecule has 21 heavy (non-hydrogen) atoms. The number of hydrogen-bond acceptors (Lipinski definition) is 3. The molecular formula is C16H15BrN2O2. The Morgan fingerprint density at radius 2 is 2.00 bits per heavy atom. The number of pyridine rings is 1. The quantitative estimate of drug-likeness (QED) is 0.854. The molecule has 0 N–H and O–H groups in total. The predicted molar refractivity (Wildman–Crippen MR) is 83.1 cm³/mol. The maximum atomic E-state index is 12.1. The smallest absolute Gasteiger partial charge is 0.228 e. The summed E-state index contributed by atoms with van der Waals surface area (Å²) < 4.78 is 6.59. The van der Waals surface area contributed by atoms with E-state index in [1.54, 1.807) is 6.20 Å². The monoisotopic (exact) mass is 346 g/mol. The highest BCUT2D eigenvalue weighted by molar-refractivity contribution is 9.10. The lowest BCUT2D eigenvalue weighted by atomic mass is 10.1. The molecule has 1 aromatic heterocycles. The number of nitrogens with zero attached hydrogens (tertiary/aromatic N) is 2. The third-order valence-corrected chi connectivity index (χ3v) is 4.01. The van der Waals surface area contributed by atoms with E-state index in [-0.39, 0.29) is 12.0 Å². The van der Waals surface area contributed by atoms with Gasteiger partial charge in [-0.05, 0) is 33.6 Å². The van der Waals surface area contributed by atoms with Gasteiger partial charge in [-0.25, -0.2) is 4.98 Å². The highest BCUT2D eigenvalue weighted by atomic mass is 79.9. The number of aromatic nitrogens is 1. The van der Waals surface area contributed by atoms with E-state index in [1.807, 2.05) is 47.4 Å². The van der Waals surface area contributed by atoms with Crippen molar-refractivity contribution in [3.05, 3.63) is 58.7 Å². The van der Waals surface area contributed by atoms with Gasteiger partial charge in [0, 0.05) is 6.20 Å². The van der Waals surface area contributed by atoms with Gasteiger partial charge in [-0.15, -0.1) is 0 Å². The molecule has 2 heterocycles. The second-order valence-corrected chi connectivity index (χ2v) is 5.85. The van der Waals surface area contributed by atoms with E-state index in [4.69, 9.17) is 4.74 Å². The van der Waals surface area contributed by atoms with Crippen LogP contribution >= 0.6 is 15.9 Å². The van der Waals surface area contributed by atoms with Gasteiger partial charge in [0.2, 0.25) is 11.8 Å². The van der Waals surface area contributed by atoms with Crippen LogP contribution < -0.4 is 4.74 Å². The van der Waals surface area contributed by atoms with Crippen LogP contribution in [-0.2, 0) is 11.2 Å². The third kappa shape index (κ3) is 3.42. The molecule has 0 bridgehead atoms. The van der Waals surface area contributed by atoms with Crippen LogP contribution in [0.4, 0.5) is 0 Å². The van der Waals surface area contributed by atoms with Crippen LogP contribution in [0.15, 0.2) is 53.1 Å². The van der Waals surface area contributed by atoms with Crippen molar-refractivity contribution in [2.24, 2.45) is 0 Å². The van der Waals surface area contributed by atoms with Crippen LogP contribution in [0.25, 0.3) is 0 Å². The number of ether oxygens (including phenoxy) is 1. The Hall–Kier alpha value is -1.88. The lowest BCUT2D eigenvalue weighted by Gasteiger charge is -2.38. The molecule has 2 aromatic rings. The van der Waals surface area contributed by atoms with Crippen LogP contribution in [0.5, 0.6) is 5.88 Å². The second-order valence-electron chi connectivity index (χ2n) is 4.99. The zero-order chi connectivity index (χ0) is 14.7. The minimum atomic E-state index is 0.0240. The minimum Gasteiger partial charge on any atom is -0.470 e. The standard InChI is InChI=1S/C16H15BrN2O2/c17-14-7-4-8-18-16(14)21-13-10-19(11-13)15(20)9-12-5-2-1-3-6-12/h1-8,13H,9-11H2. The van der Waals surface area contributed by atoms with Crippen molar-refractivity contribution in [2.75, 3.05) is 13.1 Å². The fraction of sp³-hybridized carbons (Fsp3) is 0.250. The molecule has 4 nitrogen and oxygen atoms in total. The number of benzene rings is 1. The van der Waals surface area contributed by atoms with Gasteiger partial charge in [0.1, 0.15) is 6.10 Å². The molecule has 5 heteroatoms. The first-order valence-corrected chi connectivity index (χ1v) is 7.60. The van der Waals surface area contributed by atoms with Gasteiger partial charge in [-0.2, -0.15) is 0 Å². The van der Waals surface area contributed by atoms with Crippen LogP contribution in [0.1, 0.15) is 5.56 Å². The first-order chi connectivity index (χ1) is 10.2. The van der Waals surface area contributed by atoms with E-state index in [0.29, 0.717) is 25.4 Å². The maximum absolute atomic E-state index is 12.1. The summed E-state index contributed by atoms with van der Waals surface area (Å²) in [5.74, 6) is 0.721. The van der Waals surface area contributed by atoms with E-state index in [2.05, 4.69) is 20.9 Å². The van der Waals surface area contributed by atoms with Gasteiger partial charge in [0.25, 0.3) is 0 Å². The SMILES string of the molecule is O=C(Cc1ccccc1)N1CC(Oc2ncccc2Br)C1. The van der Waals surface area contributed by atoms with Crippen molar-refractivity contribution >= 4 is 21.8 Å². The topological polar surface area (TPSA) is 42.4 Å². The molecule has 1 fully saturated rings. The predicted octanol–water partition coefficient (Wildman–Crippen LogP) is 2.68. The van der Waals surface area contributed by atoms with E-state index >= 15 is 0 Å². The minimum absolute atomic E-state index is 0.0240. The number of halogens is 1. The molecule has 0 saturated carbocycles. The number of hydrogen-bond donors (Lipinski definition) is 0. The summed E-state index contributed by atoms with van der Waals surface area (Å²) in [4.78, 5) is 18.1. The van der Waals surface area contributed by atoms with E-state index in [0.717, 1.165) is 10.0 Å². The molecule has 0 spiro atoms. The number of rotatable bonds is 4. The average Bonchev–Trinajstić information content (AvgIpc) is 2.45. The van der Waals surface area contributed by atoms with Crippen LogP contribution in [0, 0.1) is 0 Å². The van der Waals surface area contributed by atoms with Crippen molar-refractivity contribution in [2.45, 2.75) is 12.5 Å². The number of carbonyl (C=O) groups excluding carboxylic acids is 1. The highest BCUT2D eigenvalue weighted by Crippen LogP contribution is 2.24. The average molecular weight is 347 g/mol. The van der Waals surface area contributed by atoms with E-state index in [1.165, 1.54) is 0 Å². The van der Waals surface area contributed by atoms with E-state index in [9.17, 15) is 4.79 Å². The second kappa shape index (κ2) is 6.26. The largest absolute Gasteiger partial charge is 0.470 e. The van der Waals surface area contributed by atoms with Gasteiger partial charge < -0.3 is 9.64 Å². The first-order valence-electron chi connectivity index (χ1n) is 6.81. The summed E-state index contributed by atoms with van der Waals surface area (Å²) in [5.41, 5.74) is 1.04. The molecule has 0 radical (unpaired) electrons. The summed E-state index contributed by atoms with van der Waals surface area (Å²) in [6.45, 7) is 1.24. The normalized spacial score (nSPS) is 14.6. The van der Waals surface area contributed by atoms with Crippen molar-refractivity contribution in [1.82, 2.24) is 9.88 Å². The zero-order valence-electron chi connectivity index (χ0n) is 11.4. The Balaban J connectivity index is 1.49. The van der Waals surface area contributed by atoms with Crippen LogP contribution in [-0.4, -0.2) is 35.0 Å². The van der Waals surface area contributed by atoms with Gasteiger partial charge >= 0.3 is 0 Å². The van der Waals surface area contributed by atoms with Crippen molar-refractivity contribution in [3.63, 3.8) is 0 Å². The summed E-state index contributed by atoms with van der Waals surface area (Å²) in [6.07, 6.45) is 2.16. The lowest BCUT2D eigenvalue weighted by Crippen LogP contribution is -2.56. The molecule has 1 aromatic carbocycles. The molecule has 0 aliphatic carbocycles. The number of amides is 1. The van der Waals surface area contributed by atoms with Crippen molar-refractivity contribution < 1.29 is 9.53 Å². The first kappa shape index (κ1) is 14.1. The maximum Gasteiger partial charge on any atom is 0.228 e. The summed E-state index contributed by atoms with van der Waals surface area (Å²) in [5, 5.41) is 0. The Bertz CT molecular complexity index is 627. The zero-order valence-corrected chi connectivity index (χ0v) is 13.0. The Labute approximate surface area is 131 Å². The van der Waals surface area contributed by atoms with Gasteiger partial charge in [0.15, 0.2) is 0 Å².